The lowest BCUT2D eigenvalue weighted by molar-refractivity contribution is 0.225. The Bertz CT molecular complexity index is 479. The molecular weight excluding hydrogens is 395 g/mol. The van der Waals surface area contributed by atoms with Crippen molar-refractivity contribution in [2.45, 2.75) is 12.8 Å². The van der Waals surface area contributed by atoms with Gasteiger partial charge in [-0.25, -0.2) is 0 Å². The van der Waals surface area contributed by atoms with Crippen molar-refractivity contribution in [2.75, 3.05) is 13.2 Å². The molecule has 2 rings (SSSR count). The molecule has 0 atom stereocenters. The van der Waals surface area contributed by atoms with E-state index in [1.807, 2.05) is 24.3 Å². The Labute approximate surface area is 143 Å². The first-order valence-corrected chi connectivity index (χ1v) is 8.36. The summed E-state index contributed by atoms with van der Waals surface area (Å²) in [6.07, 6.45) is 1.75. The third kappa shape index (κ3) is 6.79. The van der Waals surface area contributed by atoms with Gasteiger partial charge in [0.2, 0.25) is 0 Å². The van der Waals surface area contributed by atoms with E-state index >= 15 is 0 Å². The fraction of sp³-hybridized carbons (Fsp3) is 0.250. The molecule has 0 bridgehead atoms. The largest absolute Gasteiger partial charge is 0.488 e. The minimum atomic E-state index is 0.625. The van der Waals surface area contributed by atoms with Crippen molar-refractivity contribution in [3.8, 4) is 0 Å². The third-order valence-corrected chi connectivity index (χ3v) is 4.04. The molecule has 0 spiro atoms. The van der Waals surface area contributed by atoms with Crippen LogP contribution in [0, 0.1) is 0 Å². The van der Waals surface area contributed by atoms with Crippen LogP contribution in [0.5, 0.6) is 0 Å². The van der Waals surface area contributed by atoms with Gasteiger partial charge in [0.15, 0.2) is 0 Å². The average Bonchev–Trinajstić information content (AvgIpc) is 2.50. The van der Waals surface area contributed by atoms with Crippen LogP contribution in [0.15, 0.2) is 57.5 Å². The quantitative estimate of drug-likeness (QED) is 0.469. The molecule has 21 heavy (non-hydrogen) atoms. The van der Waals surface area contributed by atoms with Gasteiger partial charge in [0, 0.05) is 22.2 Å². The van der Waals surface area contributed by atoms with Crippen LogP contribution in [-0.4, -0.2) is 20.9 Å². The standard InChI is InChI=1S/C16H16BBr2O2/c18-15-5-1-13(2-6-15)9-11-20-17-21-12-10-14-3-7-16(19)8-4-14/h1-8H,9-12H2. The molecule has 2 nitrogen and oxygen atoms in total. The van der Waals surface area contributed by atoms with Crippen LogP contribution in [0.2, 0.25) is 0 Å². The number of hydrogen-bond donors (Lipinski definition) is 0. The SMILES string of the molecule is Brc1ccc(CCO[B]OCCc2ccc(Br)cc2)cc1. The first kappa shape index (κ1) is 16.8. The van der Waals surface area contributed by atoms with Gasteiger partial charge in [-0.05, 0) is 48.2 Å². The Kier molecular flexibility index (Phi) is 7.51. The van der Waals surface area contributed by atoms with Crippen LogP contribution in [0.4, 0.5) is 0 Å². The van der Waals surface area contributed by atoms with E-state index in [-0.39, 0.29) is 0 Å². The Morgan fingerprint density at radius 3 is 1.43 bits per heavy atom. The van der Waals surface area contributed by atoms with Crippen LogP contribution in [0.3, 0.4) is 0 Å². The summed E-state index contributed by atoms with van der Waals surface area (Å²) in [5.74, 6) is 0. The maximum absolute atomic E-state index is 5.36. The molecule has 0 N–H and O–H groups in total. The van der Waals surface area contributed by atoms with Crippen LogP contribution in [-0.2, 0) is 22.2 Å². The first-order valence-electron chi connectivity index (χ1n) is 6.78. The van der Waals surface area contributed by atoms with Gasteiger partial charge in [-0.2, -0.15) is 0 Å². The number of hydrogen-bond acceptors (Lipinski definition) is 2. The smallest absolute Gasteiger partial charge is 0.413 e. The summed E-state index contributed by atoms with van der Waals surface area (Å²) in [6.45, 7) is 1.25. The summed E-state index contributed by atoms with van der Waals surface area (Å²) in [6, 6.07) is 16.5. The summed E-state index contributed by atoms with van der Waals surface area (Å²) in [5.41, 5.74) is 2.50. The summed E-state index contributed by atoms with van der Waals surface area (Å²) in [7, 11) is 1.44. The van der Waals surface area contributed by atoms with E-state index in [0.29, 0.717) is 13.2 Å². The van der Waals surface area contributed by atoms with Crippen molar-refractivity contribution in [3.63, 3.8) is 0 Å². The van der Waals surface area contributed by atoms with E-state index in [9.17, 15) is 0 Å². The van der Waals surface area contributed by atoms with Gasteiger partial charge < -0.3 is 9.31 Å². The van der Waals surface area contributed by atoms with Crippen molar-refractivity contribution in [1.82, 2.24) is 0 Å². The van der Waals surface area contributed by atoms with E-state index < -0.39 is 0 Å². The topological polar surface area (TPSA) is 18.5 Å². The number of rotatable bonds is 8. The molecule has 0 aliphatic rings. The summed E-state index contributed by atoms with van der Waals surface area (Å²) < 4.78 is 12.9. The zero-order chi connectivity index (χ0) is 14.9. The predicted molar refractivity (Wildman–Crippen MR) is 93.4 cm³/mol. The normalized spacial score (nSPS) is 10.6. The van der Waals surface area contributed by atoms with Crippen molar-refractivity contribution in [3.05, 3.63) is 68.6 Å². The van der Waals surface area contributed by atoms with Crippen molar-refractivity contribution in [1.29, 1.82) is 0 Å². The van der Waals surface area contributed by atoms with Crippen LogP contribution < -0.4 is 0 Å². The fourth-order valence-corrected chi connectivity index (χ4v) is 2.33. The molecule has 0 aliphatic heterocycles. The molecule has 0 saturated heterocycles. The van der Waals surface area contributed by atoms with Gasteiger partial charge in [-0.1, -0.05) is 56.1 Å². The van der Waals surface area contributed by atoms with Crippen LogP contribution in [0.25, 0.3) is 0 Å². The highest BCUT2D eigenvalue weighted by molar-refractivity contribution is 9.10. The van der Waals surface area contributed by atoms with Gasteiger partial charge >= 0.3 is 7.69 Å². The molecule has 0 aromatic heterocycles. The molecule has 109 valence electrons. The average molecular weight is 411 g/mol. The summed E-state index contributed by atoms with van der Waals surface area (Å²) in [5, 5.41) is 0. The predicted octanol–water partition coefficient (Wildman–Crippen LogP) is 4.56. The van der Waals surface area contributed by atoms with Crippen molar-refractivity contribution < 1.29 is 9.31 Å². The van der Waals surface area contributed by atoms with Crippen molar-refractivity contribution >= 4 is 39.5 Å². The monoisotopic (exact) mass is 409 g/mol. The number of benzene rings is 2. The van der Waals surface area contributed by atoms with E-state index in [0.717, 1.165) is 21.8 Å². The molecule has 0 heterocycles. The molecule has 1 radical (unpaired) electrons. The Morgan fingerprint density at radius 1 is 0.667 bits per heavy atom. The molecule has 0 unspecified atom stereocenters. The highest BCUT2D eigenvalue weighted by atomic mass is 79.9. The number of halogens is 2. The van der Waals surface area contributed by atoms with Crippen LogP contribution >= 0.6 is 31.9 Å². The maximum atomic E-state index is 5.36. The highest BCUT2D eigenvalue weighted by Crippen LogP contribution is 2.11. The van der Waals surface area contributed by atoms with Gasteiger partial charge in [0.25, 0.3) is 0 Å². The first-order chi connectivity index (χ1) is 10.2. The second kappa shape index (κ2) is 9.41. The Hall–Kier alpha value is -0.615. The molecule has 2 aromatic carbocycles. The maximum Gasteiger partial charge on any atom is 0.488 e. The van der Waals surface area contributed by atoms with E-state index in [4.69, 9.17) is 9.31 Å². The Morgan fingerprint density at radius 2 is 1.05 bits per heavy atom. The summed E-state index contributed by atoms with van der Waals surface area (Å²) in [4.78, 5) is 0. The molecule has 5 heteroatoms. The lowest BCUT2D eigenvalue weighted by atomic mass is 10.1. The summed E-state index contributed by atoms with van der Waals surface area (Å²) >= 11 is 6.84. The molecule has 0 fully saturated rings. The molecule has 0 saturated carbocycles. The van der Waals surface area contributed by atoms with Crippen LogP contribution in [0.1, 0.15) is 11.1 Å². The zero-order valence-corrected chi connectivity index (χ0v) is 14.8. The molecular formula is C16H16BBr2O2. The lowest BCUT2D eigenvalue weighted by Gasteiger charge is -2.05. The van der Waals surface area contributed by atoms with Crippen molar-refractivity contribution in [2.24, 2.45) is 0 Å². The second-order valence-electron chi connectivity index (χ2n) is 4.59. The highest BCUT2D eigenvalue weighted by Gasteiger charge is 1.98. The molecule has 0 amide bonds. The van der Waals surface area contributed by atoms with Gasteiger partial charge in [0.1, 0.15) is 0 Å². The fourth-order valence-electron chi connectivity index (χ4n) is 1.80. The third-order valence-electron chi connectivity index (χ3n) is 2.98. The molecule has 0 aliphatic carbocycles. The van der Waals surface area contributed by atoms with Gasteiger partial charge in [-0.15, -0.1) is 0 Å². The van der Waals surface area contributed by atoms with E-state index in [1.165, 1.54) is 18.8 Å². The van der Waals surface area contributed by atoms with Gasteiger partial charge in [0.05, 0.1) is 0 Å². The Balaban J connectivity index is 1.52. The molecule has 2 aromatic rings. The zero-order valence-electron chi connectivity index (χ0n) is 11.6. The van der Waals surface area contributed by atoms with Gasteiger partial charge in [-0.3, -0.25) is 0 Å². The van der Waals surface area contributed by atoms with E-state index in [1.54, 1.807) is 0 Å². The van der Waals surface area contributed by atoms with E-state index in [2.05, 4.69) is 56.1 Å². The lowest BCUT2D eigenvalue weighted by Crippen LogP contribution is -2.09. The minimum absolute atomic E-state index is 0.625. The second-order valence-corrected chi connectivity index (χ2v) is 6.42. The minimum Gasteiger partial charge on any atom is -0.413 e.